The molecular formula is C40H42N2O3. The Balaban J connectivity index is 1.36. The van der Waals surface area contributed by atoms with E-state index < -0.39 is 5.60 Å². The van der Waals surface area contributed by atoms with Crippen molar-refractivity contribution in [2.45, 2.75) is 66.7 Å². The highest BCUT2D eigenvalue weighted by Crippen LogP contribution is 2.30. The summed E-state index contributed by atoms with van der Waals surface area (Å²) in [7, 11) is 0. The number of carbonyl (C=O) groups excluding carboxylic acids is 2. The summed E-state index contributed by atoms with van der Waals surface area (Å²) in [4.78, 5) is 26.2. The van der Waals surface area contributed by atoms with Gasteiger partial charge in [0.2, 0.25) is 0 Å². The maximum Gasteiger partial charge on any atom is 0.339 e. The van der Waals surface area contributed by atoms with E-state index in [2.05, 4.69) is 60.6 Å². The van der Waals surface area contributed by atoms with Crippen LogP contribution in [0.3, 0.4) is 0 Å². The number of amides is 1. The minimum atomic E-state index is -0.566. The summed E-state index contributed by atoms with van der Waals surface area (Å²) in [5, 5.41) is 4.23. The molecule has 5 aromatic rings. The van der Waals surface area contributed by atoms with Crippen molar-refractivity contribution in [3.63, 3.8) is 0 Å². The number of fused-ring (bicyclic) bond motifs is 1. The first-order chi connectivity index (χ1) is 21.3. The second kappa shape index (κ2) is 12.6. The second-order valence-corrected chi connectivity index (χ2v) is 12.9. The van der Waals surface area contributed by atoms with Crippen molar-refractivity contribution in [1.29, 1.82) is 0 Å². The maximum atomic E-state index is 13.3. The molecule has 0 aliphatic carbocycles. The first-order valence-corrected chi connectivity index (χ1v) is 15.4. The Bertz CT molecular complexity index is 1900. The average Bonchev–Trinajstić information content (AvgIpc) is 3.24. The number of rotatable bonds is 8. The van der Waals surface area contributed by atoms with E-state index in [9.17, 15) is 9.59 Å². The lowest BCUT2D eigenvalue weighted by Crippen LogP contribution is -2.26. The lowest BCUT2D eigenvalue weighted by atomic mass is 9.98. The number of aryl methyl sites for hydroxylation is 1. The molecule has 1 amide bonds. The summed E-state index contributed by atoms with van der Waals surface area (Å²) in [5.41, 5.74) is 10.1. The van der Waals surface area contributed by atoms with Crippen molar-refractivity contribution in [3.05, 3.63) is 137 Å². The van der Waals surface area contributed by atoms with Gasteiger partial charge in [-0.3, -0.25) is 4.79 Å². The van der Waals surface area contributed by atoms with Crippen LogP contribution in [0.15, 0.2) is 97.6 Å². The molecule has 0 radical (unpaired) electrons. The van der Waals surface area contributed by atoms with E-state index in [1.54, 1.807) is 0 Å². The number of hydrogen-bond acceptors (Lipinski definition) is 3. The van der Waals surface area contributed by atoms with Crippen molar-refractivity contribution >= 4 is 28.4 Å². The number of ether oxygens (including phenoxy) is 1. The zero-order chi connectivity index (χ0) is 32.5. The van der Waals surface area contributed by atoms with Crippen LogP contribution < -0.4 is 5.32 Å². The fraction of sp³-hybridized carbons (Fsp3) is 0.250. The summed E-state index contributed by atoms with van der Waals surface area (Å²) in [6.45, 7) is 18.6. The van der Waals surface area contributed by atoms with Gasteiger partial charge in [0.05, 0.1) is 11.6 Å². The number of aromatic nitrogens is 1. The standard InChI is InChI=1S/C40H42N2O3/c1-25(2)31-12-11-13-32(22-31)27(4)41-38(43)33-20-21-37-36(23-33)26(3)28(5)42(37)24-29-16-18-30(19-17-29)34-14-9-10-15-35(34)39(44)45-40(6,7)8/h9-23,27H,1,24H2,2-8H3,(H,41,43)/t27-/m0/s1. The van der Waals surface area contributed by atoms with Crippen LogP contribution in [-0.2, 0) is 11.3 Å². The molecule has 1 atom stereocenters. The van der Waals surface area contributed by atoms with Gasteiger partial charge in [0.1, 0.15) is 5.60 Å². The third-order valence-electron chi connectivity index (χ3n) is 8.28. The van der Waals surface area contributed by atoms with E-state index in [-0.39, 0.29) is 17.9 Å². The number of allylic oxidation sites excluding steroid dienone is 1. The predicted octanol–water partition coefficient (Wildman–Crippen LogP) is 9.45. The molecule has 0 saturated heterocycles. The van der Waals surface area contributed by atoms with Crippen molar-refractivity contribution in [2.75, 3.05) is 0 Å². The molecule has 1 heterocycles. The Kier molecular flexibility index (Phi) is 8.83. The minimum absolute atomic E-state index is 0.0998. The molecule has 5 nitrogen and oxygen atoms in total. The summed E-state index contributed by atoms with van der Waals surface area (Å²) in [6, 6.07) is 29.8. The summed E-state index contributed by atoms with van der Waals surface area (Å²) in [5.74, 6) is -0.427. The zero-order valence-electron chi connectivity index (χ0n) is 27.3. The van der Waals surface area contributed by atoms with Crippen LogP contribution in [0.2, 0.25) is 0 Å². The minimum Gasteiger partial charge on any atom is -0.456 e. The van der Waals surface area contributed by atoms with Crippen molar-refractivity contribution in [2.24, 2.45) is 0 Å². The number of nitrogens with one attached hydrogen (secondary N) is 1. The van der Waals surface area contributed by atoms with Gasteiger partial charge in [-0.15, -0.1) is 0 Å². The Morgan fingerprint density at radius 2 is 1.60 bits per heavy atom. The molecule has 0 spiro atoms. The van der Waals surface area contributed by atoms with E-state index in [1.165, 1.54) is 0 Å². The van der Waals surface area contributed by atoms with Crippen LogP contribution in [0, 0.1) is 13.8 Å². The number of hydrogen-bond donors (Lipinski definition) is 1. The number of esters is 1. The highest BCUT2D eigenvalue weighted by atomic mass is 16.6. The predicted molar refractivity (Wildman–Crippen MR) is 185 cm³/mol. The molecule has 0 bridgehead atoms. The Hall–Kier alpha value is -4.90. The molecule has 0 unspecified atom stereocenters. The molecule has 1 aromatic heterocycles. The molecule has 0 aliphatic heterocycles. The van der Waals surface area contributed by atoms with E-state index >= 15 is 0 Å². The molecule has 230 valence electrons. The van der Waals surface area contributed by atoms with E-state index in [4.69, 9.17) is 4.74 Å². The van der Waals surface area contributed by atoms with Crippen LogP contribution >= 0.6 is 0 Å². The maximum absolute atomic E-state index is 13.3. The molecule has 5 rings (SSSR count). The Labute approximate surface area is 266 Å². The van der Waals surface area contributed by atoms with Crippen LogP contribution in [0.1, 0.15) is 89.3 Å². The van der Waals surface area contributed by atoms with Crippen LogP contribution in [-0.4, -0.2) is 22.0 Å². The van der Waals surface area contributed by atoms with Gasteiger partial charge in [-0.05, 0) is 112 Å². The van der Waals surface area contributed by atoms with Crippen molar-refractivity contribution in [3.8, 4) is 11.1 Å². The summed E-state index contributed by atoms with van der Waals surface area (Å²) in [6.07, 6.45) is 0. The first-order valence-electron chi connectivity index (χ1n) is 15.4. The number of carbonyl (C=O) groups is 2. The molecule has 0 fully saturated rings. The van der Waals surface area contributed by atoms with E-state index in [1.807, 2.05) is 95.3 Å². The van der Waals surface area contributed by atoms with Gasteiger partial charge in [0.15, 0.2) is 0 Å². The van der Waals surface area contributed by atoms with Gasteiger partial charge in [0, 0.05) is 28.7 Å². The van der Waals surface area contributed by atoms with Crippen molar-refractivity contribution < 1.29 is 14.3 Å². The topological polar surface area (TPSA) is 60.3 Å². The lowest BCUT2D eigenvalue weighted by molar-refractivity contribution is 0.00703. The van der Waals surface area contributed by atoms with E-state index in [0.717, 1.165) is 55.6 Å². The molecule has 4 aromatic carbocycles. The summed E-state index contributed by atoms with van der Waals surface area (Å²) >= 11 is 0. The van der Waals surface area contributed by atoms with Crippen LogP contribution in [0.25, 0.3) is 27.6 Å². The molecular weight excluding hydrogens is 556 g/mol. The number of benzene rings is 4. The highest BCUT2D eigenvalue weighted by Gasteiger charge is 2.21. The molecule has 45 heavy (non-hydrogen) atoms. The van der Waals surface area contributed by atoms with Gasteiger partial charge < -0.3 is 14.6 Å². The van der Waals surface area contributed by atoms with Crippen LogP contribution in [0.5, 0.6) is 0 Å². The average molecular weight is 599 g/mol. The monoisotopic (exact) mass is 598 g/mol. The van der Waals surface area contributed by atoms with E-state index in [0.29, 0.717) is 17.7 Å². The van der Waals surface area contributed by atoms with Gasteiger partial charge in [-0.2, -0.15) is 0 Å². The fourth-order valence-electron chi connectivity index (χ4n) is 5.65. The van der Waals surface area contributed by atoms with Gasteiger partial charge in [-0.1, -0.05) is 72.8 Å². The van der Waals surface area contributed by atoms with Gasteiger partial charge in [0.25, 0.3) is 5.91 Å². The van der Waals surface area contributed by atoms with Gasteiger partial charge >= 0.3 is 5.97 Å². The Morgan fingerprint density at radius 1 is 0.889 bits per heavy atom. The fourth-order valence-corrected chi connectivity index (χ4v) is 5.65. The van der Waals surface area contributed by atoms with Crippen molar-refractivity contribution in [1.82, 2.24) is 9.88 Å². The molecule has 0 aliphatic rings. The summed E-state index contributed by atoms with van der Waals surface area (Å²) < 4.78 is 7.94. The Morgan fingerprint density at radius 3 is 2.29 bits per heavy atom. The normalized spacial score (nSPS) is 12.2. The van der Waals surface area contributed by atoms with Crippen LogP contribution in [0.4, 0.5) is 0 Å². The second-order valence-electron chi connectivity index (χ2n) is 12.9. The molecule has 5 heteroatoms. The van der Waals surface area contributed by atoms with Gasteiger partial charge in [-0.25, -0.2) is 4.79 Å². The zero-order valence-corrected chi connectivity index (χ0v) is 27.3. The third-order valence-corrected chi connectivity index (χ3v) is 8.28. The first kappa shape index (κ1) is 31.5. The molecule has 1 N–H and O–H groups in total. The number of nitrogens with zero attached hydrogens (tertiary/aromatic N) is 1. The largest absolute Gasteiger partial charge is 0.456 e. The lowest BCUT2D eigenvalue weighted by Gasteiger charge is -2.20. The quantitative estimate of drug-likeness (QED) is 0.181. The third kappa shape index (κ3) is 6.93. The highest BCUT2D eigenvalue weighted by molar-refractivity contribution is 5.99. The molecule has 0 saturated carbocycles. The smallest absolute Gasteiger partial charge is 0.339 e. The SMILES string of the molecule is C=C(C)c1cccc([C@H](C)NC(=O)c2ccc3c(c2)c(C)c(C)n3Cc2ccc(-c3ccccc3C(=O)OC(C)(C)C)cc2)c1.